The second-order valence-corrected chi connectivity index (χ2v) is 10.5. The second kappa shape index (κ2) is 9.89. The Bertz CT molecular complexity index is 1090. The van der Waals surface area contributed by atoms with E-state index in [0.717, 1.165) is 5.56 Å². The molecule has 0 atom stereocenters. The molecular formula is C24H29FN2O5S. The summed E-state index contributed by atoms with van der Waals surface area (Å²) >= 11 is 0. The van der Waals surface area contributed by atoms with Crippen LogP contribution in [0, 0.1) is 12.7 Å². The van der Waals surface area contributed by atoms with Gasteiger partial charge in [0.2, 0.25) is 10.0 Å². The normalized spacial score (nSPS) is 19.2. The molecule has 1 amide bonds. The van der Waals surface area contributed by atoms with Gasteiger partial charge in [-0.1, -0.05) is 18.2 Å². The summed E-state index contributed by atoms with van der Waals surface area (Å²) in [5.74, 6) is -0.640. The van der Waals surface area contributed by atoms with Gasteiger partial charge in [-0.25, -0.2) is 12.8 Å². The lowest BCUT2D eigenvalue weighted by atomic mass is 9.74. The summed E-state index contributed by atoms with van der Waals surface area (Å²) in [6.45, 7) is 4.53. The molecule has 9 heteroatoms. The van der Waals surface area contributed by atoms with Crippen LogP contribution in [0.25, 0.3) is 0 Å². The Labute approximate surface area is 193 Å². The minimum Gasteiger partial charge on any atom is -0.381 e. The third kappa shape index (κ3) is 5.11. The SMILES string of the molecule is Cc1ccc(S(=O)(=O)N2CCOCC2)cc1C(=O)NCC1(c2ccc(F)cc2)CCOCC1. The van der Waals surface area contributed by atoms with Gasteiger partial charge in [-0.2, -0.15) is 4.31 Å². The van der Waals surface area contributed by atoms with Gasteiger partial charge in [0.05, 0.1) is 18.1 Å². The van der Waals surface area contributed by atoms with Crippen molar-refractivity contribution in [2.24, 2.45) is 0 Å². The average molecular weight is 477 g/mol. The van der Waals surface area contributed by atoms with Crippen LogP contribution in [0.5, 0.6) is 0 Å². The minimum atomic E-state index is -3.71. The van der Waals surface area contributed by atoms with Crippen LogP contribution in [0.4, 0.5) is 4.39 Å². The molecule has 33 heavy (non-hydrogen) atoms. The number of morpholine rings is 1. The molecule has 2 heterocycles. The Kier molecular flexibility index (Phi) is 7.13. The molecule has 178 valence electrons. The minimum absolute atomic E-state index is 0.0967. The van der Waals surface area contributed by atoms with E-state index in [4.69, 9.17) is 9.47 Å². The van der Waals surface area contributed by atoms with Gasteiger partial charge in [-0.15, -0.1) is 0 Å². The van der Waals surface area contributed by atoms with Crippen LogP contribution >= 0.6 is 0 Å². The fourth-order valence-electron chi connectivity index (χ4n) is 4.42. The topological polar surface area (TPSA) is 84.9 Å². The lowest BCUT2D eigenvalue weighted by Gasteiger charge is -2.38. The zero-order valence-corrected chi connectivity index (χ0v) is 19.5. The van der Waals surface area contributed by atoms with Crippen LogP contribution in [-0.4, -0.2) is 64.7 Å². The van der Waals surface area contributed by atoms with Crippen molar-refractivity contribution in [2.45, 2.75) is 30.1 Å². The van der Waals surface area contributed by atoms with E-state index in [-0.39, 0.29) is 22.0 Å². The van der Waals surface area contributed by atoms with Gasteiger partial charge in [-0.05, 0) is 55.2 Å². The maximum atomic E-state index is 13.5. The number of aryl methyl sites for hydroxylation is 1. The highest BCUT2D eigenvalue weighted by atomic mass is 32.2. The summed E-state index contributed by atoms with van der Waals surface area (Å²) in [5, 5.41) is 3.00. The second-order valence-electron chi connectivity index (χ2n) is 8.58. The third-order valence-corrected chi connectivity index (χ3v) is 8.45. The molecule has 2 fully saturated rings. The highest BCUT2D eigenvalue weighted by Crippen LogP contribution is 2.34. The number of rotatable bonds is 6. The number of carbonyl (C=O) groups excluding carboxylic acids is 1. The number of benzene rings is 2. The largest absolute Gasteiger partial charge is 0.381 e. The quantitative estimate of drug-likeness (QED) is 0.693. The highest BCUT2D eigenvalue weighted by Gasteiger charge is 2.35. The molecule has 7 nitrogen and oxygen atoms in total. The van der Waals surface area contributed by atoms with Crippen LogP contribution in [0.2, 0.25) is 0 Å². The lowest BCUT2D eigenvalue weighted by molar-refractivity contribution is 0.0487. The van der Waals surface area contributed by atoms with E-state index >= 15 is 0 Å². The summed E-state index contributed by atoms with van der Waals surface area (Å²) in [6.07, 6.45) is 1.40. The number of ether oxygens (including phenoxy) is 2. The van der Waals surface area contributed by atoms with Gasteiger partial charge < -0.3 is 14.8 Å². The van der Waals surface area contributed by atoms with E-state index in [2.05, 4.69) is 5.32 Å². The number of halogens is 1. The fourth-order valence-corrected chi connectivity index (χ4v) is 5.85. The first-order chi connectivity index (χ1) is 15.8. The molecule has 0 unspecified atom stereocenters. The summed E-state index contributed by atoms with van der Waals surface area (Å²) in [7, 11) is -3.71. The number of sulfonamides is 1. The van der Waals surface area contributed by atoms with E-state index in [9.17, 15) is 17.6 Å². The first-order valence-corrected chi connectivity index (χ1v) is 12.6. The molecule has 0 aliphatic carbocycles. The van der Waals surface area contributed by atoms with Crippen molar-refractivity contribution in [2.75, 3.05) is 46.1 Å². The van der Waals surface area contributed by atoms with E-state index in [0.29, 0.717) is 70.0 Å². The van der Waals surface area contributed by atoms with Crippen LogP contribution in [0.1, 0.15) is 34.3 Å². The van der Waals surface area contributed by atoms with Gasteiger partial charge in [-0.3, -0.25) is 4.79 Å². The number of hydrogen-bond donors (Lipinski definition) is 1. The summed E-state index contributed by atoms with van der Waals surface area (Å²) in [5.41, 5.74) is 1.60. The molecule has 0 radical (unpaired) electrons. The molecule has 2 aromatic rings. The van der Waals surface area contributed by atoms with Crippen LogP contribution in [-0.2, 0) is 24.9 Å². The Morgan fingerprint density at radius 2 is 1.67 bits per heavy atom. The van der Waals surface area contributed by atoms with E-state index < -0.39 is 10.0 Å². The summed E-state index contributed by atoms with van der Waals surface area (Å²) < 4.78 is 51.7. The van der Waals surface area contributed by atoms with Crippen molar-refractivity contribution in [3.63, 3.8) is 0 Å². The highest BCUT2D eigenvalue weighted by molar-refractivity contribution is 7.89. The van der Waals surface area contributed by atoms with Crippen molar-refractivity contribution in [1.82, 2.24) is 9.62 Å². The number of nitrogens with zero attached hydrogens (tertiary/aromatic N) is 1. The molecular weight excluding hydrogens is 447 g/mol. The first-order valence-electron chi connectivity index (χ1n) is 11.1. The Hall–Kier alpha value is -2.33. The molecule has 2 saturated heterocycles. The maximum Gasteiger partial charge on any atom is 0.251 e. The van der Waals surface area contributed by atoms with E-state index in [1.807, 2.05) is 0 Å². The summed E-state index contributed by atoms with van der Waals surface area (Å²) in [4.78, 5) is 13.3. The molecule has 4 rings (SSSR count). The number of nitrogens with one attached hydrogen (secondary N) is 1. The van der Waals surface area contributed by atoms with Crippen molar-refractivity contribution >= 4 is 15.9 Å². The number of carbonyl (C=O) groups is 1. The molecule has 0 bridgehead atoms. The van der Waals surface area contributed by atoms with Crippen molar-refractivity contribution in [3.8, 4) is 0 Å². The Morgan fingerprint density at radius 3 is 2.33 bits per heavy atom. The van der Waals surface area contributed by atoms with Gasteiger partial charge in [0.1, 0.15) is 5.82 Å². The van der Waals surface area contributed by atoms with E-state index in [1.165, 1.54) is 28.6 Å². The van der Waals surface area contributed by atoms with Crippen molar-refractivity contribution in [1.29, 1.82) is 0 Å². The standard InChI is InChI=1S/C24H29FN2O5S/c1-18-2-7-21(33(29,30)27-10-14-32-15-11-27)16-22(18)23(28)26-17-24(8-12-31-13-9-24)19-3-5-20(25)6-4-19/h2-7,16H,8-15,17H2,1H3,(H,26,28). The van der Waals surface area contributed by atoms with Gasteiger partial charge in [0.15, 0.2) is 0 Å². The van der Waals surface area contributed by atoms with Gasteiger partial charge in [0, 0.05) is 43.8 Å². The average Bonchev–Trinajstić information content (AvgIpc) is 2.84. The predicted octanol–water partition coefficient (Wildman–Crippen LogP) is 2.63. The number of amides is 1. The molecule has 1 N–H and O–H groups in total. The van der Waals surface area contributed by atoms with Crippen LogP contribution in [0.15, 0.2) is 47.4 Å². The zero-order chi connectivity index (χ0) is 23.5. The smallest absolute Gasteiger partial charge is 0.251 e. The molecule has 0 spiro atoms. The van der Waals surface area contributed by atoms with Gasteiger partial charge >= 0.3 is 0 Å². The van der Waals surface area contributed by atoms with Crippen LogP contribution < -0.4 is 5.32 Å². The zero-order valence-electron chi connectivity index (χ0n) is 18.7. The molecule has 0 saturated carbocycles. The molecule has 2 aliphatic heterocycles. The summed E-state index contributed by atoms with van der Waals surface area (Å²) in [6, 6.07) is 11.0. The third-order valence-electron chi connectivity index (χ3n) is 6.56. The molecule has 2 aliphatic rings. The molecule has 0 aromatic heterocycles. The monoisotopic (exact) mass is 476 g/mol. The Balaban J connectivity index is 1.55. The Morgan fingerprint density at radius 1 is 1.03 bits per heavy atom. The fraction of sp³-hybridized carbons (Fsp3) is 0.458. The van der Waals surface area contributed by atoms with Crippen molar-refractivity contribution in [3.05, 3.63) is 65.0 Å². The van der Waals surface area contributed by atoms with Gasteiger partial charge in [0.25, 0.3) is 5.91 Å². The maximum absolute atomic E-state index is 13.5. The lowest BCUT2D eigenvalue weighted by Crippen LogP contribution is -2.44. The van der Waals surface area contributed by atoms with Crippen molar-refractivity contribution < 1.29 is 27.1 Å². The van der Waals surface area contributed by atoms with Crippen LogP contribution in [0.3, 0.4) is 0 Å². The van der Waals surface area contributed by atoms with E-state index in [1.54, 1.807) is 25.1 Å². The number of hydrogen-bond acceptors (Lipinski definition) is 5. The molecule has 2 aromatic carbocycles. The predicted molar refractivity (Wildman–Crippen MR) is 121 cm³/mol. The first kappa shape index (κ1) is 23.8.